The highest BCUT2D eigenvalue weighted by Crippen LogP contribution is 2.27. The van der Waals surface area contributed by atoms with Crippen molar-refractivity contribution in [2.24, 2.45) is 0 Å². The van der Waals surface area contributed by atoms with Crippen LogP contribution in [0.25, 0.3) is 16.7 Å². The molecule has 7 heteroatoms. The molecule has 36 heavy (non-hydrogen) atoms. The van der Waals surface area contributed by atoms with E-state index in [0.29, 0.717) is 0 Å². The monoisotopic (exact) mass is 493 g/mol. The third kappa shape index (κ3) is 4.68. The predicted molar refractivity (Wildman–Crippen MR) is 145 cm³/mol. The third-order valence-corrected chi connectivity index (χ3v) is 7.60. The third-order valence-electron chi connectivity index (χ3n) is 6.61. The van der Waals surface area contributed by atoms with Gasteiger partial charge in [-0.15, -0.1) is 11.3 Å². The Morgan fingerprint density at radius 1 is 0.917 bits per heavy atom. The van der Waals surface area contributed by atoms with Crippen LogP contribution in [0, 0.1) is 0 Å². The summed E-state index contributed by atoms with van der Waals surface area (Å²) in [6, 6.07) is 30.8. The molecule has 0 aliphatic carbocycles. The number of fused-ring (bicyclic) bond motifs is 1. The number of carbonyl (C=O) groups excluding carboxylic acids is 1. The van der Waals surface area contributed by atoms with Gasteiger partial charge in [0, 0.05) is 22.7 Å². The van der Waals surface area contributed by atoms with Gasteiger partial charge >= 0.3 is 0 Å². The van der Waals surface area contributed by atoms with Gasteiger partial charge in [0.05, 0.1) is 17.1 Å². The number of amides is 1. The molecule has 0 bridgehead atoms. The van der Waals surface area contributed by atoms with Gasteiger partial charge in [0.2, 0.25) is 5.91 Å². The molecule has 0 saturated carbocycles. The number of para-hydroxylation sites is 3. The normalized spacial score (nSPS) is 17.4. The number of aryl methyl sites for hydroxylation is 2. The van der Waals surface area contributed by atoms with E-state index >= 15 is 0 Å². The minimum atomic E-state index is -0.261. The fourth-order valence-electron chi connectivity index (χ4n) is 4.75. The molecule has 6 nitrogen and oxygen atoms in total. The molecule has 3 heterocycles. The molecule has 2 aromatic heterocycles. The van der Waals surface area contributed by atoms with Crippen LogP contribution in [-0.4, -0.2) is 21.5 Å². The zero-order chi connectivity index (χ0) is 24.3. The lowest BCUT2D eigenvalue weighted by Gasteiger charge is -2.12. The maximum absolute atomic E-state index is 12.8. The number of thiophene rings is 1. The van der Waals surface area contributed by atoms with Gasteiger partial charge in [0.25, 0.3) is 0 Å². The number of nitrogens with one attached hydrogen (secondary N) is 3. The molecule has 3 aromatic carbocycles. The second kappa shape index (κ2) is 10.1. The summed E-state index contributed by atoms with van der Waals surface area (Å²) in [5.74, 6) is 1.02. The number of anilines is 1. The second-order valence-electron chi connectivity index (χ2n) is 9.02. The number of hydrazine groups is 1. The van der Waals surface area contributed by atoms with E-state index in [-0.39, 0.29) is 18.0 Å². The summed E-state index contributed by atoms with van der Waals surface area (Å²) >= 11 is 1.70. The minimum Gasteiger partial charge on any atom is -0.325 e. The van der Waals surface area contributed by atoms with Crippen LogP contribution in [0.5, 0.6) is 0 Å². The van der Waals surface area contributed by atoms with Gasteiger partial charge in [0.1, 0.15) is 11.9 Å². The average molecular weight is 494 g/mol. The Bertz CT molecular complexity index is 1460. The maximum Gasteiger partial charge on any atom is 0.242 e. The maximum atomic E-state index is 12.8. The van der Waals surface area contributed by atoms with Crippen molar-refractivity contribution in [1.82, 2.24) is 20.4 Å². The summed E-state index contributed by atoms with van der Waals surface area (Å²) in [5.41, 5.74) is 11.6. The number of aromatic nitrogens is 2. The molecule has 6 rings (SSSR count). The van der Waals surface area contributed by atoms with Crippen molar-refractivity contribution in [1.29, 1.82) is 0 Å². The number of hydrogen-bond acceptors (Lipinski definition) is 5. The number of benzene rings is 3. The van der Waals surface area contributed by atoms with E-state index in [1.807, 2.05) is 30.3 Å². The molecular weight excluding hydrogens is 466 g/mol. The van der Waals surface area contributed by atoms with Crippen LogP contribution in [-0.2, 0) is 17.6 Å². The number of hydrogen-bond donors (Lipinski definition) is 3. The van der Waals surface area contributed by atoms with Gasteiger partial charge in [-0.1, -0.05) is 48.5 Å². The topological polar surface area (TPSA) is 71.0 Å². The first kappa shape index (κ1) is 22.7. The van der Waals surface area contributed by atoms with E-state index in [9.17, 15) is 4.79 Å². The van der Waals surface area contributed by atoms with E-state index in [1.54, 1.807) is 11.3 Å². The molecule has 180 valence electrons. The summed E-state index contributed by atoms with van der Waals surface area (Å²) in [7, 11) is 0. The van der Waals surface area contributed by atoms with Crippen LogP contribution in [0.15, 0.2) is 96.4 Å². The Labute approximate surface area is 214 Å². The van der Waals surface area contributed by atoms with E-state index in [0.717, 1.165) is 47.5 Å². The van der Waals surface area contributed by atoms with Gasteiger partial charge in [0.15, 0.2) is 0 Å². The molecular formula is C29H27N5OS. The molecule has 0 radical (unpaired) electrons. The van der Waals surface area contributed by atoms with Crippen LogP contribution >= 0.6 is 11.3 Å². The molecule has 1 amide bonds. The molecule has 3 N–H and O–H groups in total. The predicted octanol–water partition coefficient (Wildman–Crippen LogP) is 5.42. The Kier molecular flexibility index (Phi) is 6.34. The quantitative estimate of drug-likeness (QED) is 0.283. The standard InChI is InChI=1S/C29H27N5OS/c35-29(25-19-24(32-33-25)27-11-6-18-36-27)30-21-15-12-20(13-16-21)14-17-28-31-23-9-4-5-10-26(23)34(28)22-7-2-1-3-8-22/h1-13,15-16,18,24-25,32-33H,14,17,19H2,(H,30,35). The summed E-state index contributed by atoms with van der Waals surface area (Å²) in [6.07, 6.45) is 2.41. The van der Waals surface area contributed by atoms with Crippen molar-refractivity contribution in [3.63, 3.8) is 0 Å². The van der Waals surface area contributed by atoms with Crippen LogP contribution in [0.1, 0.15) is 28.7 Å². The molecule has 5 aromatic rings. The Balaban J connectivity index is 1.11. The lowest BCUT2D eigenvalue weighted by Crippen LogP contribution is -2.39. The van der Waals surface area contributed by atoms with Gasteiger partial charge in [-0.3, -0.25) is 9.36 Å². The first-order valence-electron chi connectivity index (χ1n) is 12.2. The van der Waals surface area contributed by atoms with Crippen molar-refractivity contribution in [3.8, 4) is 5.69 Å². The van der Waals surface area contributed by atoms with Gasteiger partial charge in [-0.2, -0.15) is 0 Å². The molecule has 1 fully saturated rings. The van der Waals surface area contributed by atoms with Gasteiger partial charge < -0.3 is 5.32 Å². The highest BCUT2D eigenvalue weighted by Gasteiger charge is 2.30. The van der Waals surface area contributed by atoms with Crippen LogP contribution in [0.2, 0.25) is 0 Å². The zero-order valence-corrected chi connectivity index (χ0v) is 20.5. The van der Waals surface area contributed by atoms with E-state index in [4.69, 9.17) is 4.98 Å². The highest BCUT2D eigenvalue weighted by atomic mass is 32.1. The first-order valence-corrected chi connectivity index (χ1v) is 13.1. The molecule has 2 unspecified atom stereocenters. The summed E-state index contributed by atoms with van der Waals surface area (Å²) < 4.78 is 2.25. The number of nitrogens with zero attached hydrogens (tertiary/aromatic N) is 2. The highest BCUT2D eigenvalue weighted by molar-refractivity contribution is 7.10. The molecule has 0 spiro atoms. The van der Waals surface area contributed by atoms with E-state index in [1.165, 1.54) is 10.4 Å². The van der Waals surface area contributed by atoms with Crippen molar-refractivity contribution < 1.29 is 4.79 Å². The van der Waals surface area contributed by atoms with Gasteiger partial charge in [-0.05, 0) is 66.2 Å². The van der Waals surface area contributed by atoms with Crippen molar-refractivity contribution in [2.75, 3.05) is 5.32 Å². The summed E-state index contributed by atoms with van der Waals surface area (Å²) in [4.78, 5) is 18.9. The molecule has 1 aliphatic heterocycles. The summed E-state index contributed by atoms with van der Waals surface area (Å²) in [6.45, 7) is 0. The Morgan fingerprint density at radius 3 is 2.53 bits per heavy atom. The van der Waals surface area contributed by atoms with Crippen molar-refractivity contribution in [3.05, 3.63) is 113 Å². The largest absolute Gasteiger partial charge is 0.325 e. The average Bonchev–Trinajstić information content (AvgIpc) is 3.68. The lowest BCUT2D eigenvalue weighted by molar-refractivity contribution is -0.117. The van der Waals surface area contributed by atoms with Crippen LogP contribution in [0.4, 0.5) is 5.69 Å². The van der Waals surface area contributed by atoms with E-state index in [2.05, 4.69) is 86.8 Å². The minimum absolute atomic E-state index is 0.0223. The van der Waals surface area contributed by atoms with Crippen molar-refractivity contribution in [2.45, 2.75) is 31.3 Å². The number of imidazole rings is 1. The Hall–Kier alpha value is -3.78. The fourth-order valence-corrected chi connectivity index (χ4v) is 5.54. The molecule has 2 atom stereocenters. The summed E-state index contributed by atoms with van der Waals surface area (Å²) in [5, 5.41) is 5.10. The second-order valence-corrected chi connectivity index (χ2v) is 10.00. The molecule has 1 aliphatic rings. The van der Waals surface area contributed by atoms with Crippen LogP contribution < -0.4 is 16.2 Å². The Morgan fingerprint density at radius 2 is 1.72 bits per heavy atom. The number of carbonyl (C=O) groups is 1. The van der Waals surface area contributed by atoms with E-state index < -0.39 is 0 Å². The SMILES string of the molecule is O=C(Nc1ccc(CCc2nc3ccccc3n2-c2ccccc2)cc1)C1CC(c2cccs2)NN1. The fraction of sp³-hybridized carbons (Fsp3) is 0.172. The first-order chi connectivity index (χ1) is 17.7. The zero-order valence-electron chi connectivity index (χ0n) is 19.7. The lowest BCUT2D eigenvalue weighted by atomic mass is 10.1. The number of rotatable bonds is 7. The van der Waals surface area contributed by atoms with Gasteiger partial charge in [-0.25, -0.2) is 15.8 Å². The van der Waals surface area contributed by atoms with Crippen molar-refractivity contribution >= 4 is 34.0 Å². The molecule has 1 saturated heterocycles. The smallest absolute Gasteiger partial charge is 0.242 e. The van der Waals surface area contributed by atoms with Crippen LogP contribution in [0.3, 0.4) is 0 Å².